The van der Waals surface area contributed by atoms with Gasteiger partial charge in [-0.25, -0.2) is 0 Å². The van der Waals surface area contributed by atoms with Gasteiger partial charge in [-0.3, -0.25) is 0 Å². The van der Waals surface area contributed by atoms with E-state index >= 15 is 0 Å². The van der Waals surface area contributed by atoms with Crippen molar-refractivity contribution in [2.24, 2.45) is 41.4 Å². The van der Waals surface area contributed by atoms with Crippen LogP contribution >= 0.6 is 0 Å². The maximum atomic E-state index is 10.2. The molecule has 750 valence electrons. The Morgan fingerprint density at radius 2 is 0.560 bits per heavy atom. The molecule has 14 heteroatoms. The zero-order valence-electron chi connectivity index (χ0n) is 102. The molecule has 7 aliphatic carbocycles. The highest BCUT2D eigenvalue weighted by Gasteiger charge is 2.23. The standard InChI is InChI=1S/7C17H26O2.CH4/c7*1-2-7-17(18)15-10-6-11-16(12-15)19-13-14-8-4-3-5-9-14;/h7*6,10-12,14,17-18H,2-5,7-9,13H2,1H3;1H4/t17-;;;;;;;/m1......./s1/i13D2;3D2,4D2,5D2,8D2,9D2,14D;17D;14D;7D2;6D;2D2;. The molecule has 0 radical (unpaired) electrons. The summed E-state index contributed by atoms with van der Waals surface area (Å²) in [7, 11) is 0. The normalized spacial score (nSPS) is 23.2. The van der Waals surface area contributed by atoms with Gasteiger partial charge in [-0.05, 0) is 300 Å². The van der Waals surface area contributed by atoms with Gasteiger partial charge in [0, 0.05) is 21.9 Å². The number of benzene rings is 7. The molecule has 7 aromatic rings. The van der Waals surface area contributed by atoms with Crippen LogP contribution in [-0.2, 0) is 0 Å². The minimum atomic E-state index is -3.55. The number of aliphatic hydroxyl groups is 7. The molecule has 134 heavy (non-hydrogen) atoms. The van der Waals surface area contributed by atoms with E-state index in [0.29, 0.717) is 84.4 Å². The third-order valence-electron chi connectivity index (χ3n) is 25.7. The first-order valence-electron chi connectivity index (χ1n) is 61.3. The van der Waals surface area contributed by atoms with Gasteiger partial charge in [-0.2, -0.15) is 0 Å². The van der Waals surface area contributed by atoms with Gasteiger partial charge < -0.3 is 68.9 Å². The molecule has 0 amide bonds. The Hall–Kier alpha value is -7.14. The molecule has 7 fully saturated rings. The van der Waals surface area contributed by atoms with E-state index in [2.05, 4.69) is 6.92 Å². The molecule has 0 saturated heterocycles. The fourth-order valence-electron chi connectivity index (χ4n) is 17.8. The molecular weight excluding hydrogens is 1670 g/mol. The lowest BCUT2D eigenvalue weighted by Crippen LogP contribution is -2.15. The van der Waals surface area contributed by atoms with Crippen LogP contribution in [0.3, 0.4) is 0 Å². The van der Waals surface area contributed by atoms with E-state index in [-0.39, 0.29) is 31.9 Å². The zero-order chi connectivity index (χ0) is 112. The molecule has 14 nitrogen and oxygen atoms in total. The minimum absolute atomic E-state index is 0. The van der Waals surface area contributed by atoms with Crippen molar-refractivity contribution in [1.29, 1.82) is 0 Å². The Morgan fingerprint density at radius 1 is 0.291 bits per heavy atom. The van der Waals surface area contributed by atoms with Crippen LogP contribution in [0.1, 0.15) is 479 Å². The van der Waals surface area contributed by atoms with Crippen LogP contribution in [0, 0.1) is 41.4 Å². The average molecular weight is 1870 g/mol. The van der Waals surface area contributed by atoms with Gasteiger partial charge in [0.15, 0.2) is 0 Å². The molecule has 7 saturated carbocycles. The predicted octanol–water partition coefficient (Wildman–Crippen LogP) is 32.0. The minimum Gasteiger partial charge on any atom is -0.493 e. The van der Waals surface area contributed by atoms with Crippen LogP contribution in [-0.4, -0.2) is 81.9 Å². The average Bonchev–Trinajstić information content (AvgIpc) is 0.661. The van der Waals surface area contributed by atoms with Crippen molar-refractivity contribution >= 4 is 0 Å². The molecule has 0 spiro atoms. The van der Waals surface area contributed by atoms with Crippen molar-refractivity contribution in [1.82, 2.24) is 0 Å². The lowest BCUT2D eigenvalue weighted by Gasteiger charge is -2.22. The summed E-state index contributed by atoms with van der Waals surface area (Å²) in [6, 6.07) is 48.7. The van der Waals surface area contributed by atoms with E-state index in [1.165, 1.54) is 160 Å². The molecule has 0 aromatic heterocycles. The molecule has 7 N–H and O–H groups in total. The smallest absolute Gasteiger partial charge is 0.119 e. The highest BCUT2D eigenvalue weighted by Crippen LogP contribution is 2.36. The van der Waals surface area contributed by atoms with Gasteiger partial charge >= 0.3 is 0 Å². The quantitative estimate of drug-likeness (QED) is 0.0190. The van der Waals surface area contributed by atoms with E-state index in [0.717, 1.165) is 167 Å². The van der Waals surface area contributed by atoms with Crippen molar-refractivity contribution in [2.75, 3.05) is 46.2 Å². The van der Waals surface area contributed by atoms with Crippen molar-refractivity contribution in [3.05, 3.63) is 209 Å². The topological polar surface area (TPSA) is 206 Å². The second kappa shape index (κ2) is 69.6. The van der Waals surface area contributed by atoms with Crippen molar-refractivity contribution in [3.63, 3.8) is 0 Å². The summed E-state index contributed by atoms with van der Waals surface area (Å²) in [5.74, 6) is 3.37. The maximum absolute atomic E-state index is 10.2. The van der Waals surface area contributed by atoms with Crippen LogP contribution in [0.5, 0.6) is 40.2 Å². The largest absolute Gasteiger partial charge is 0.493 e. The number of hydrogen-bond acceptors (Lipinski definition) is 14. The number of aliphatic hydroxyl groups excluding tert-OH is 6. The highest BCUT2D eigenvalue weighted by molar-refractivity contribution is 5.35. The molecule has 7 atom stereocenters. The fourth-order valence-corrected chi connectivity index (χ4v) is 17.8. The summed E-state index contributed by atoms with van der Waals surface area (Å²) in [6.45, 7) is 14.0. The fraction of sp³-hybridized carbons (Fsp3) is 0.650. The van der Waals surface area contributed by atoms with E-state index in [4.69, 9.17) is 60.6 Å². The molecule has 0 heterocycles. The maximum Gasteiger partial charge on any atom is 0.119 e. The lowest BCUT2D eigenvalue weighted by atomic mass is 9.90. The van der Waals surface area contributed by atoms with E-state index in [1.807, 2.05) is 125 Å². The van der Waals surface area contributed by atoms with Gasteiger partial charge in [0.05, 0.1) is 94.4 Å². The third kappa shape index (κ3) is 46.5. The van der Waals surface area contributed by atoms with Crippen molar-refractivity contribution < 1.29 is 96.3 Å². The summed E-state index contributed by atoms with van der Waals surface area (Å²) in [5, 5.41) is 70.6. The van der Waals surface area contributed by atoms with E-state index in [9.17, 15) is 35.7 Å². The second-order valence-electron chi connectivity index (χ2n) is 37.1. The van der Waals surface area contributed by atoms with Crippen LogP contribution < -0.4 is 33.2 Å². The van der Waals surface area contributed by atoms with Gasteiger partial charge in [0.1, 0.15) is 40.2 Å². The zero-order valence-corrected chi connectivity index (χ0v) is 81.9. The Balaban J connectivity index is 0.000000243. The molecule has 7 aliphatic rings. The van der Waals surface area contributed by atoms with Crippen LogP contribution in [0.25, 0.3) is 0 Å². The first-order chi connectivity index (χ1) is 72.3. The van der Waals surface area contributed by atoms with E-state index in [1.54, 1.807) is 61.5 Å². The first-order valence-corrected chi connectivity index (χ1v) is 51.3. The van der Waals surface area contributed by atoms with Crippen LogP contribution in [0.15, 0.2) is 170 Å². The summed E-state index contributed by atoms with van der Waals surface area (Å²) in [6.07, 6.45) is 18.2. The molecule has 7 aromatic carbocycles. The van der Waals surface area contributed by atoms with Crippen LogP contribution in [0.4, 0.5) is 0 Å². The molecule has 0 bridgehead atoms. The second-order valence-corrected chi connectivity index (χ2v) is 37.1. The van der Waals surface area contributed by atoms with Gasteiger partial charge in [0.2, 0.25) is 0 Å². The Bertz CT molecular complexity index is 5040. The lowest BCUT2D eigenvalue weighted by molar-refractivity contribution is 0.165. The number of ether oxygens (including phenoxy) is 7. The summed E-state index contributed by atoms with van der Waals surface area (Å²) in [5.41, 5.74) is 4.94. The third-order valence-corrected chi connectivity index (χ3v) is 25.7. The Kier molecular flexibility index (Phi) is 44.7. The van der Waals surface area contributed by atoms with Gasteiger partial charge in [-0.15, -0.1) is 0 Å². The summed E-state index contributed by atoms with van der Waals surface area (Å²) in [4.78, 5) is 0. The Morgan fingerprint density at radius 3 is 0.888 bits per heavy atom. The Labute approximate surface area is 842 Å². The number of rotatable bonds is 42. The van der Waals surface area contributed by atoms with Crippen molar-refractivity contribution in [2.45, 2.75) is 413 Å². The molecule has 14 rings (SSSR count). The van der Waals surface area contributed by atoms with Gasteiger partial charge in [-0.1, -0.05) is 320 Å². The van der Waals surface area contributed by atoms with Crippen LogP contribution in [0.2, 0.25) is 0 Å². The SMILES string of the molecule is C.[2H]C(O)(CCC)c1cccc(OCC2CCCCC2)c1.[2H]C([2H])(C)CC(O)c1cccc(OCC2CCCCC2)c1.[2H]C([2H])(CC)C(O)c1cccc(OCC2CCCCC2)c1.[2H]C([2H])(Oc1cccc([C@H](O)CCC)c1)C1CCCCC1.[2H]C1(COc2cccc(C(O)CCC)c2)CCCCC1.[2H]C1([2H])C([2H])([2H])C([2H])([2H])C([2H])(COc2cccc(C(O)CCC)c2)C([2H])([2H])C1([2H])[2H].[2H]c1cc(OCC2CCCCC2)cc(C(O)CCC)c1. The monoisotopic (exact) mass is 1870 g/mol. The predicted molar refractivity (Wildman–Crippen MR) is 555 cm³/mol. The van der Waals surface area contributed by atoms with E-state index < -0.39 is 112 Å². The molecular formula is C120H186O14. The molecule has 6 unspecified atom stereocenters. The summed E-state index contributed by atoms with van der Waals surface area (Å²) < 4.78 is 200. The molecule has 0 aliphatic heterocycles. The van der Waals surface area contributed by atoms with Crippen molar-refractivity contribution in [3.8, 4) is 40.2 Å². The number of hydrogen-bond donors (Lipinski definition) is 7. The highest BCUT2D eigenvalue weighted by atomic mass is 16.5. The first kappa shape index (κ1) is 86.0. The summed E-state index contributed by atoms with van der Waals surface area (Å²) >= 11 is 0. The van der Waals surface area contributed by atoms with Gasteiger partial charge in [0.25, 0.3) is 0 Å².